The van der Waals surface area contributed by atoms with Crippen molar-refractivity contribution in [2.45, 2.75) is 41.0 Å². The van der Waals surface area contributed by atoms with Gasteiger partial charge in [0.25, 0.3) is 0 Å². The Morgan fingerprint density at radius 1 is 1.00 bits per heavy atom. The summed E-state index contributed by atoms with van der Waals surface area (Å²) in [5, 5.41) is 0. The summed E-state index contributed by atoms with van der Waals surface area (Å²) in [7, 11) is 0. The molecule has 0 saturated heterocycles. The molecule has 0 N–H and O–H groups in total. The van der Waals surface area contributed by atoms with Crippen LogP contribution in [-0.2, 0) is 0 Å². The zero-order chi connectivity index (χ0) is 8.85. The third kappa shape index (κ3) is 6.15. The fraction of sp³-hybridized carbons (Fsp3) is 0.818. The Morgan fingerprint density at radius 3 is 1.91 bits per heavy atom. The van der Waals surface area contributed by atoms with Crippen molar-refractivity contribution in [2.75, 3.05) is 0 Å². The largest absolute Gasteiger partial charge is 0.0880 e. The normalized spacial score (nSPS) is 15.2. The summed E-state index contributed by atoms with van der Waals surface area (Å²) in [6, 6.07) is 0. The SMILES string of the molecule is CC(C)C/C=C/[C@@H](C)C(C)C. The van der Waals surface area contributed by atoms with Crippen LogP contribution in [0.2, 0.25) is 0 Å². The van der Waals surface area contributed by atoms with Gasteiger partial charge in [0, 0.05) is 0 Å². The van der Waals surface area contributed by atoms with Gasteiger partial charge in [-0.1, -0.05) is 46.8 Å². The zero-order valence-corrected chi connectivity index (χ0v) is 8.59. The summed E-state index contributed by atoms with van der Waals surface area (Å²) in [5.74, 6) is 2.30. The molecule has 0 unspecified atom stereocenters. The van der Waals surface area contributed by atoms with E-state index in [0.717, 1.165) is 17.8 Å². The summed E-state index contributed by atoms with van der Waals surface area (Å²) in [6.07, 6.45) is 5.87. The molecule has 0 bridgehead atoms. The standard InChI is InChI=1S/C11H22/c1-9(2)7-6-8-11(5)10(3)4/h6,8-11H,7H2,1-5H3/b8-6+/t11-/m1/s1. The molecule has 0 spiro atoms. The van der Waals surface area contributed by atoms with E-state index in [1.165, 1.54) is 6.42 Å². The van der Waals surface area contributed by atoms with Crippen molar-refractivity contribution in [2.24, 2.45) is 17.8 Å². The van der Waals surface area contributed by atoms with E-state index in [1.54, 1.807) is 0 Å². The Bertz CT molecular complexity index is 109. The van der Waals surface area contributed by atoms with Crippen molar-refractivity contribution in [1.29, 1.82) is 0 Å². The van der Waals surface area contributed by atoms with Crippen LogP contribution >= 0.6 is 0 Å². The highest BCUT2D eigenvalue weighted by molar-refractivity contribution is 4.88. The van der Waals surface area contributed by atoms with Gasteiger partial charge in [-0.2, -0.15) is 0 Å². The lowest BCUT2D eigenvalue weighted by atomic mass is 9.97. The molecular formula is C11H22. The highest BCUT2D eigenvalue weighted by atomic mass is 14.1. The molecule has 0 heterocycles. The average Bonchev–Trinajstić information content (AvgIpc) is 1.86. The molecule has 11 heavy (non-hydrogen) atoms. The molecule has 0 amide bonds. The van der Waals surface area contributed by atoms with Crippen molar-refractivity contribution in [3.8, 4) is 0 Å². The van der Waals surface area contributed by atoms with Gasteiger partial charge in [-0.3, -0.25) is 0 Å². The second-order valence-corrected chi connectivity index (χ2v) is 4.16. The number of hydrogen-bond acceptors (Lipinski definition) is 0. The van der Waals surface area contributed by atoms with Gasteiger partial charge in [0.1, 0.15) is 0 Å². The van der Waals surface area contributed by atoms with Gasteiger partial charge in [-0.25, -0.2) is 0 Å². The van der Waals surface area contributed by atoms with Gasteiger partial charge in [0.2, 0.25) is 0 Å². The molecule has 0 rings (SSSR count). The lowest BCUT2D eigenvalue weighted by molar-refractivity contribution is 0.501. The van der Waals surface area contributed by atoms with E-state index in [4.69, 9.17) is 0 Å². The maximum atomic E-state index is 2.34. The molecule has 0 heteroatoms. The molecule has 0 radical (unpaired) electrons. The molecule has 1 atom stereocenters. The molecule has 0 aromatic carbocycles. The first-order chi connectivity index (χ1) is 5.04. The lowest BCUT2D eigenvalue weighted by Crippen LogP contribution is -1.99. The van der Waals surface area contributed by atoms with Crippen LogP contribution in [0.25, 0.3) is 0 Å². The van der Waals surface area contributed by atoms with Gasteiger partial charge >= 0.3 is 0 Å². The lowest BCUT2D eigenvalue weighted by Gasteiger charge is -2.09. The van der Waals surface area contributed by atoms with Crippen LogP contribution in [0.3, 0.4) is 0 Å². The number of rotatable bonds is 4. The van der Waals surface area contributed by atoms with Crippen LogP contribution in [0.15, 0.2) is 12.2 Å². The van der Waals surface area contributed by atoms with E-state index in [9.17, 15) is 0 Å². The summed E-state index contributed by atoms with van der Waals surface area (Å²) in [5.41, 5.74) is 0. The minimum absolute atomic E-state index is 0.730. The molecule has 0 aromatic heterocycles. The first-order valence-electron chi connectivity index (χ1n) is 4.70. The van der Waals surface area contributed by atoms with Crippen LogP contribution in [0.5, 0.6) is 0 Å². The van der Waals surface area contributed by atoms with Gasteiger partial charge in [0.05, 0.1) is 0 Å². The zero-order valence-electron chi connectivity index (χ0n) is 8.59. The van der Waals surface area contributed by atoms with Crippen LogP contribution in [0.1, 0.15) is 41.0 Å². The summed E-state index contributed by atoms with van der Waals surface area (Å²) < 4.78 is 0. The van der Waals surface area contributed by atoms with E-state index < -0.39 is 0 Å². The second-order valence-electron chi connectivity index (χ2n) is 4.16. The minimum Gasteiger partial charge on any atom is -0.0880 e. The molecule has 0 fully saturated rings. The van der Waals surface area contributed by atoms with Crippen molar-refractivity contribution in [3.63, 3.8) is 0 Å². The monoisotopic (exact) mass is 154 g/mol. The van der Waals surface area contributed by atoms with E-state index in [2.05, 4.69) is 46.8 Å². The Labute approximate surface area is 71.7 Å². The molecule has 0 aromatic rings. The summed E-state index contributed by atoms with van der Waals surface area (Å²) >= 11 is 0. The maximum Gasteiger partial charge on any atom is -0.0239 e. The van der Waals surface area contributed by atoms with Crippen LogP contribution in [0, 0.1) is 17.8 Å². The molecule has 0 aliphatic rings. The van der Waals surface area contributed by atoms with Gasteiger partial charge in [-0.05, 0) is 24.2 Å². The number of allylic oxidation sites excluding steroid dienone is 2. The van der Waals surface area contributed by atoms with E-state index in [-0.39, 0.29) is 0 Å². The van der Waals surface area contributed by atoms with Crippen molar-refractivity contribution in [1.82, 2.24) is 0 Å². The topological polar surface area (TPSA) is 0 Å². The first kappa shape index (κ1) is 10.7. The quantitative estimate of drug-likeness (QED) is 0.539. The molecule has 0 aliphatic carbocycles. The fourth-order valence-corrected chi connectivity index (χ4v) is 0.788. The maximum absolute atomic E-state index is 2.34. The third-order valence-corrected chi connectivity index (χ3v) is 2.10. The predicted octanol–water partition coefficient (Wildman–Crippen LogP) is 3.88. The van der Waals surface area contributed by atoms with E-state index in [1.807, 2.05) is 0 Å². The average molecular weight is 154 g/mol. The second kappa shape index (κ2) is 5.40. The highest BCUT2D eigenvalue weighted by Crippen LogP contribution is 2.12. The van der Waals surface area contributed by atoms with Crippen molar-refractivity contribution in [3.05, 3.63) is 12.2 Å². The van der Waals surface area contributed by atoms with E-state index in [0.29, 0.717) is 0 Å². The molecule has 0 nitrogen and oxygen atoms in total. The van der Waals surface area contributed by atoms with Gasteiger partial charge < -0.3 is 0 Å². The van der Waals surface area contributed by atoms with Gasteiger partial charge in [0.15, 0.2) is 0 Å². The van der Waals surface area contributed by atoms with Crippen LogP contribution < -0.4 is 0 Å². The van der Waals surface area contributed by atoms with E-state index >= 15 is 0 Å². The molecule has 0 saturated carbocycles. The molecule has 0 aliphatic heterocycles. The fourth-order valence-electron chi connectivity index (χ4n) is 0.788. The molecular weight excluding hydrogens is 132 g/mol. The molecule has 66 valence electrons. The predicted molar refractivity (Wildman–Crippen MR) is 52.6 cm³/mol. The van der Waals surface area contributed by atoms with Crippen LogP contribution in [0.4, 0.5) is 0 Å². The minimum atomic E-state index is 0.730. The van der Waals surface area contributed by atoms with Crippen LogP contribution in [-0.4, -0.2) is 0 Å². The highest BCUT2D eigenvalue weighted by Gasteiger charge is 2.00. The Balaban J connectivity index is 3.56. The summed E-state index contributed by atoms with van der Waals surface area (Å²) in [4.78, 5) is 0. The third-order valence-electron chi connectivity index (χ3n) is 2.10. The van der Waals surface area contributed by atoms with Gasteiger partial charge in [-0.15, -0.1) is 0 Å². The Morgan fingerprint density at radius 2 is 1.55 bits per heavy atom. The van der Waals surface area contributed by atoms with Crippen molar-refractivity contribution >= 4 is 0 Å². The Hall–Kier alpha value is -0.260. The smallest absolute Gasteiger partial charge is 0.0239 e. The first-order valence-corrected chi connectivity index (χ1v) is 4.70. The van der Waals surface area contributed by atoms with Crippen molar-refractivity contribution < 1.29 is 0 Å². The Kier molecular flexibility index (Phi) is 5.27. The number of hydrogen-bond donors (Lipinski definition) is 0. The summed E-state index contributed by atoms with van der Waals surface area (Å²) in [6.45, 7) is 11.3.